The summed E-state index contributed by atoms with van der Waals surface area (Å²) in [6, 6.07) is 22.8. The molecule has 0 spiro atoms. The number of ether oxygens (including phenoxy) is 1. The van der Waals surface area contributed by atoms with Crippen LogP contribution in [0.5, 0.6) is 5.75 Å². The zero-order valence-corrected chi connectivity index (χ0v) is 21.6. The molecule has 2 atom stereocenters. The maximum absolute atomic E-state index is 5.91. The minimum atomic E-state index is -0.0949. The van der Waals surface area contributed by atoms with Crippen molar-refractivity contribution in [3.8, 4) is 11.4 Å². The number of methoxy groups -OCH3 is 1. The van der Waals surface area contributed by atoms with Gasteiger partial charge in [0.05, 0.1) is 24.9 Å². The monoisotopic (exact) mass is 482 g/mol. The predicted molar refractivity (Wildman–Crippen MR) is 146 cm³/mol. The van der Waals surface area contributed by atoms with Crippen molar-refractivity contribution in [1.82, 2.24) is 14.9 Å². The van der Waals surface area contributed by atoms with Gasteiger partial charge in [0.1, 0.15) is 5.75 Å². The summed E-state index contributed by atoms with van der Waals surface area (Å²) < 4.78 is 7.88. The molecular weight excluding hydrogens is 452 g/mol. The van der Waals surface area contributed by atoms with Crippen LogP contribution in [0.3, 0.4) is 0 Å². The van der Waals surface area contributed by atoms with Crippen LogP contribution in [0, 0.1) is 27.7 Å². The molecule has 1 aliphatic heterocycles. The summed E-state index contributed by atoms with van der Waals surface area (Å²) in [6.07, 6.45) is 1.84. The molecule has 3 heterocycles. The van der Waals surface area contributed by atoms with E-state index in [0.29, 0.717) is 5.11 Å². The molecule has 1 fully saturated rings. The fourth-order valence-electron chi connectivity index (χ4n) is 5.13. The third kappa shape index (κ3) is 4.08. The van der Waals surface area contributed by atoms with Gasteiger partial charge in [0.15, 0.2) is 5.11 Å². The van der Waals surface area contributed by atoms with E-state index in [0.717, 1.165) is 17.1 Å². The lowest BCUT2D eigenvalue weighted by Crippen LogP contribution is -2.29. The smallest absolute Gasteiger partial charge is 0.174 e. The van der Waals surface area contributed by atoms with Gasteiger partial charge in [-0.3, -0.25) is 4.98 Å². The zero-order chi connectivity index (χ0) is 24.7. The summed E-state index contributed by atoms with van der Waals surface area (Å²) in [7, 11) is 1.69. The number of pyridine rings is 1. The second-order valence-electron chi connectivity index (χ2n) is 9.15. The standard InChI is InChI=1S/C29H30N4OS/c1-18-12-13-19(2)26(15-18)32-20(3)16-24(21(32)4)28-27(25-11-6-7-14-30-25)31-29(35)33(28)22-9-8-10-23(17-22)34-5/h6-17,27-28H,1-5H3,(H,31,35). The maximum Gasteiger partial charge on any atom is 0.174 e. The number of rotatable bonds is 5. The van der Waals surface area contributed by atoms with Crippen molar-refractivity contribution in [3.05, 3.63) is 107 Å². The Labute approximate surface area is 212 Å². The van der Waals surface area contributed by atoms with E-state index in [1.54, 1.807) is 7.11 Å². The van der Waals surface area contributed by atoms with Gasteiger partial charge in [0.25, 0.3) is 0 Å². The van der Waals surface area contributed by atoms with E-state index in [4.69, 9.17) is 21.9 Å². The molecule has 0 bridgehead atoms. The molecule has 0 radical (unpaired) electrons. The molecule has 5 nitrogen and oxygen atoms in total. The third-order valence-corrected chi connectivity index (χ3v) is 7.14. The zero-order valence-electron chi connectivity index (χ0n) is 20.7. The van der Waals surface area contributed by atoms with Crippen molar-refractivity contribution in [2.24, 2.45) is 0 Å². The van der Waals surface area contributed by atoms with Crippen LogP contribution in [-0.2, 0) is 0 Å². The number of nitrogens with zero attached hydrogens (tertiary/aromatic N) is 3. The molecule has 2 aromatic heterocycles. The van der Waals surface area contributed by atoms with Gasteiger partial charge >= 0.3 is 0 Å². The Morgan fingerprint density at radius 1 is 0.943 bits per heavy atom. The summed E-state index contributed by atoms with van der Waals surface area (Å²) in [5.41, 5.74) is 9.25. The van der Waals surface area contributed by atoms with Crippen molar-refractivity contribution in [3.63, 3.8) is 0 Å². The van der Waals surface area contributed by atoms with Gasteiger partial charge in [0.2, 0.25) is 0 Å². The quantitative estimate of drug-likeness (QED) is 0.339. The second-order valence-corrected chi connectivity index (χ2v) is 9.54. The van der Waals surface area contributed by atoms with Crippen LogP contribution in [0.25, 0.3) is 5.69 Å². The largest absolute Gasteiger partial charge is 0.497 e. The van der Waals surface area contributed by atoms with Crippen molar-refractivity contribution < 1.29 is 4.74 Å². The first kappa shape index (κ1) is 23.1. The fourth-order valence-corrected chi connectivity index (χ4v) is 5.47. The van der Waals surface area contributed by atoms with Crippen LogP contribution in [0.2, 0.25) is 0 Å². The van der Waals surface area contributed by atoms with E-state index < -0.39 is 0 Å². The molecule has 178 valence electrons. The van der Waals surface area contributed by atoms with Gasteiger partial charge in [-0.2, -0.15) is 0 Å². The first-order chi connectivity index (χ1) is 16.9. The molecule has 6 heteroatoms. The number of aryl methyl sites for hydroxylation is 3. The molecular formula is C29H30N4OS. The first-order valence-electron chi connectivity index (χ1n) is 11.8. The van der Waals surface area contributed by atoms with Gasteiger partial charge in [-0.25, -0.2) is 0 Å². The van der Waals surface area contributed by atoms with Crippen molar-refractivity contribution in [1.29, 1.82) is 0 Å². The molecule has 1 N–H and O–H groups in total. The lowest BCUT2D eigenvalue weighted by atomic mass is 9.96. The molecule has 0 saturated carbocycles. The number of anilines is 1. The molecule has 2 aromatic carbocycles. The Hall–Kier alpha value is -3.64. The third-order valence-electron chi connectivity index (χ3n) is 6.82. The lowest BCUT2D eigenvalue weighted by Gasteiger charge is -2.28. The van der Waals surface area contributed by atoms with E-state index in [9.17, 15) is 0 Å². The molecule has 1 saturated heterocycles. The summed E-state index contributed by atoms with van der Waals surface area (Å²) in [5.74, 6) is 0.797. The Morgan fingerprint density at radius 3 is 2.51 bits per heavy atom. The minimum Gasteiger partial charge on any atom is -0.497 e. The van der Waals surface area contributed by atoms with Crippen LogP contribution in [0.15, 0.2) is 72.9 Å². The molecule has 4 aromatic rings. The first-order valence-corrected chi connectivity index (χ1v) is 12.2. The van der Waals surface area contributed by atoms with Crippen molar-refractivity contribution in [2.45, 2.75) is 39.8 Å². The number of hydrogen-bond acceptors (Lipinski definition) is 3. The topological polar surface area (TPSA) is 42.3 Å². The predicted octanol–water partition coefficient (Wildman–Crippen LogP) is 6.29. The Bertz CT molecular complexity index is 1400. The highest BCUT2D eigenvalue weighted by molar-refractivity contribution is 7.80. The van der Waals surface area contributed by atoms with Crippen molar-refractivity contribution in [2.75, 3.05) is 12.0 Å². The van der Waals surface area contributed by atoms with Crippen LogP contribution < -0.4 is 15.0 Å². The number of nitrogens with one attached hydrogen (secondary N) is 1. The fraction of sp³-hybridized carbons (Fsp3) is 0.241. The summed E-state index contributed by atoms with van der Waals surface area (Å²) in [4.78, 5) is 6.90. The van der Waals surface area contributed by atoms with Gasteiger partial charge in [-0.15, -0.1) is 0 Å². The SMILES string of the molecule is COc1cccc(N2C(=S)NC(c3ccccn3)C2c2cc(C)n(-c3cc(C)ccc3C)c2C)c1. The minimum absolute atomic E-state index is 0.0745. The van der Waals surface area contributed by atoms with Gasteiger partial charge in [0, 0.05) is 35.0 Å². The van der Waals surface area contributed by atoms with Crippen molar-refractivity contribution >= 4 is 23.0 Å². The van der Waals surface area contributed by atoms with Crippen LogP contribution in [0.4, 0.5) is 5.69 Å². The highest BCUT2D eigenvalue weighted by atomic mass is 32.1. The molecule has 0 aliphatic carbocycles. The van der Waals surface area contributed by atoms with Gasteiger partial charge in [-0.1, -0.05) is 24.3 Å². The highest BCUT2D eigenvalue weighted by Crippen LogP contribution is 2.44. The molecule has 5 rings (SSSR count). The maximum atomic E-state index is 5.91. The average Bonchev–Trinajstić information content (AvgIpc) is 3.36. The van der Waals surface area contributed by atoms with E-state index in [-0.39, 0.29) is 12.1 Å². The Kier molecular flexibility index (Phi) is 6.07. The lowest BCUT2D eigenvalue weighted by molar-refractivity contribution is 0.415. The second kappa shape index (κ2) is 9.19. The Morgan fingerprint density at radius 2 is 1.77 bits per heavy atom. The summed E-state index contributed by atoms with van der Waals surface area (Å²) in [5, 5.41) is 4.24. The Balaban J connectivity index is 1.70. The molecule has 0 amide bonds. The number of benzene rings is 2. The van der Waals surface area contributed by atoms with Crippen LogP contribution >= 0.6 is 12.2 Å². The summed E-state index contributed by atoms with van der Waals surface area (Å²) >= 11 is 5.91. The molecule has 35 heavy (non-hydrogen) atoms. The summed E-state index contributed by atoms with van der Waals surface area (Å²) in [6.45, 7) is 8.67. The molecule has 2 unspecified atom stereocenters. The highest BCUT2D eigenvalue weighted by Gasteiger charge is 2.42. The molecule has 1 aliphatic rings. The normalized spacial score (nSPS) is 17.5. The van der Waals surface area contributed by atoms with E-state index in [1.165, 1.54) is 33.8 Å². The van der Waals surface area contributed by atoms with Gasteiger partial charge < -0.3 is 19.5 Å². The number of thiocarbonyl (C=S) groups is 1. The number of hydrogen-bond donors (Lipinski definition) is 1. The van der Waals surface area contributed by atoms with E-state index in [2.05, 4.69) is 78.9 Å². The van der Waals surface area contributed by atoms with E-state index in [1.807, 2.05) is 36.5 Å². The van der Waals surface area contributed by atoms with Crippen LogP contribution in [0.1, 0.15) is 45.9 Å². The van der Waals surface area contributed by atoms with Gasteiger partial charge in [-0.05, 0) is 93.0 Å². The van der Waals surface area contributed by atoms with Crippen LogP contribution in [-0.4, -0.2) is 21.8 Å². The number of aromatic nitrogens is 2. The average molecular weight is 483 g/mol. The van der Waals surface area contributed by atoms with E-state index >= 15 is 0 Å².